The molecule has 1 aliphatic rings. The zero-order valence-electron chi connectivity index (χ0n) is 21.3. The molecule has 2 unspecified atom stereocenters. The molecule has 3 aromatic carbocycles. The van der Waals surface area contributed by atoms with Gasteiger partial charge in [0.2, 0.25) is 5.95 Å². The van der Waals surface area contributed by atoms with Gasteiger partial charge in [0.25, 0.3) is 5.56 Å². The molecule has 1 saturated heterocycles. The third kappa shape index (κ3) is 4.36. The van der Waals surface area contributed by atoms with Crippen molar-refractivity contribution in [3.8, 4) is 5.75 Å². The van der Waals surface area contributed by atoms with Gasteiger partial charge in [0.15, 0.2) is 11.2 Å². The van der Waals surface area contributed by atoms with Crippen LogP contribution in [-0.2, 0) is 15.1 Å². The fraction of sp³-hybridized carbons (Fsp3) is 0.200. The number of hydrogen-bond acceptors (Lipinski definition) is 7. The largest absolute Gasteiger partial charge is 0.497 e. The Morgan fingerprint density at radius 1 is 0.974 bits per heavy atom. The molecule has 0 bridgehead atoms. The second-order valence-electron chi connectivity index (χ2n) is 9.42. The molecule has 9 heteroatoms. The minimum absolute atomic E-state index is 0.202. The van der Waals surface area contributed by atoms with Crippen LogP contribution >= 0.6 is 0 Å². The summed E-state index contributed by atoms with van der Waals surface area (Å²) in [7, 11) is 1.63. The number of imidazole rings is 1. The molecule has 9 nitrogen and oxygen atoms in total. The lowest BCUT2D eigenvalue weighted by Gasteiger charge is -2.37. The van der Waals surface area contributed by atoms with E-state index >= 15 is 0 Å². The molecule has 0 aliphatic carbocycles. The molecule has 5 aromatic rings. The molecule has 2 N–H and O–H groups in total. The average Bonchev–Trinajstić information content (AvgIpc) is 3.64. The van der Waals surface area contributed by atoms with Crippen molar-refractivity contribution in [2.24, 2.45) is 0 Å². The van der Waals surface area contributed by atoms with Crippen LogP contribution in [-0.4, -0.2) is 39.0 Å². The Morgan fingerprint density at radius 2 is 1.62 bits per heavy atom. The highest BCUT2D eigenvalue weighted by Gasteiger charge is 2.37. The van der Waals surface area contributed by atoms with Gasteiger partial charge in [0.1, 0.15) is 29.9 Å². The first kappa shape index (κ1) is 24.6. The Kier molecular flexibility index (Phi) is 6.42. The highest BCUT2D eigenvalue weighted by Crippen LogP contribution is 2.40. The van der Waals surface area contributed by atoms with Crippen molar-refractivity contribution in [2.45, 2.75) is 30.7 Å². The van der Waals surface area contributed by atoms with Gasteiger partial charge in [0.05, 0.1) is 13.4 Å². The number of aromatic amines is 1. The fourth-order valence-corrected chi connectivity index (χ4v) is 5.26. The van der Waals surface area contributed by atoms with Gasteiger partial charge in [-0.1, -0.05) is 72.8 Å². The number of methoxy groups -OCH3 is 1. The summed E-state index contributed by atoms with van der Waals surface area (Å²) in [6, 6.07) is 27.8. The molecular formula is C30H27N5O4. The predicted molar refractivity (Wildman–Crippen MR) is 147 cm³/mol. The number of hydrogen-bond donors (Lipinski definition) is 2. The molecule has 6 rings (SSSR count). The number of fused-ring (bicyclic) bond motifs is 1. The Hall–Kier alpha value is -4.76. The molecule has 1 aliphatic heterocycles. The van der Waals surface area contributed by atoms with Crippen molar-refractivity contribution in [2.75, 3.05) is 12.4 Å². The maximum atomic E-state index is 13.2. The molecule has 2 aromatic heterocycles. The van der Waals surface area contributed by atoms with Crippen LogP contribution in [0.25, 0.3) is 11.2 Å². The van der Waals surface area contributed by atoms with E-state index in [9.17, 15) is 9.59 Å². The number of H-pyrrole nitrogens is 1. The summed E-state index contributed by atoms with van der Waals surface area (Å²) >= 11 is 0. The summed E-state index contributed by atoms with van der Waals surface area (Å²) in [5.74, 6) is 0.999. The van der Waals surface area contributed by atoms with Crippen LogP contribution < -0.4 is 15.6 Å². The van der Waals surface area contributed by atoms with Crippen molar-refractivity contribution in [1.29, 1.82) is 0 Å². The van der Waals surface area contributed by atoms with Crippen LogP contribution in [0.5, 0.6) is 5.75 Å². The number of carbonyl (C=O) groups excluding carboxylic acids is 1. The van der Waals surface area contributed by atoms with E-state index in [0.717, 1.165) is 28.7 Å². The molecular weight excluding hydrogens is 494 g/mol. The molecule has 0 radical (unpaired) electrons. The number of nitrogens with zero attached hydrogens (tertiary/aromatic N) is 3. The maximum Gasteiger partial charge on any atom is 0.280 e. The van der Waals surface area contributed by atoms with Gasteiger partial charge in [-0.3, -0.25) is 14.3 Å². The highest BCUT2D eigenvalue weighted by atomic mass is 16.5. The molecule has 39 heavy (non-hydrogen) atoms. The topological polar surface area (TPSA) is 111 Å². The number of rotatable bonds is 8. The van der Waals surface area contributed by atoms with Gasteiger partial charge in [-0.05, 0) is 41.7 Å². The third-order valence-electron chi connectivity index (χ3n) is 7.17. The molecule has 196 valence electrons. The number of nitrogens with one attached hydrogen (secondary N) is 2. The van der Waals surface area contributed by atoms with Crippen molar-refractivity contribution in [3.05, 3.63) is 118 Å². The molecule has 1 fully saturated rings. The Morgan fingerprint density at radius 3 is 2.21 bits per heavy atom. The van der Waals surface area contributed by atoms with Crippen LogP contribution in [0.3, 0.4) is 0 Å². The standard InChI is InChI=1S/C30H27N5O4/c1-38-23-14-12-22(13-15-23)30(20-8-4-2-5-9-20,21-10-6-3-7-11-21)34-29-32-27-26(28(37)33-29)31-19-35(27)25-17-16-24(18-36)39-25/h2-15,18-19,24-25H,16-17H2,1H3,(H2,32,33,34,37). The monoisotopic (exact) mass is 521 g/mol. The smallest absolute Gasteiger partial charge is 0.280 e. The predicted octanol–water partition coefficient (Wildman–Crippen LogP) is 4.41. The Balaban J connectivity index is 1.54. The second-order valence-corrected chi connectivity index (χ2v) is 9.42. The van der Waals surface area contributed by atoms with Gasteiger partial charge in [-0.15, -0.1) is 0 Å². The summed E-state index contributed by atoms with van der Waals surface area (Å²) < 4.78 is 13.0. The van der Waals surface area contributed by atoms with Crippen LogP contribution in [0.15, 0.2) is 96.1 Å². The normalized spacial score (nSPS) is 17.3. The van der Waals surface area contributed by atoms with E-state index in [2.05, 4.69) is 15.3 Å². The number of carbonyl (C=O) groups is 1. The van der Waals surface area contributed by atoms with Crippen molar-refractivity contribution in [1.82, 2.24) is 19.5 Å². The fourth-order valence-electron chi connectivity index (χ4n) is 5.26. The van der Waals surface area contributed by atoms with Gasteiger partial charge >= 0.3 is 0 Å². The average molecular weight is 522 g/mol. The van der Waals surface area contributed by atoms with Gasteiger partial charge < -0.3 is 19.6 Å². The van der Waals surface area contributed by atoms with Crippen LogP contribution in [0.4, 0.5) is 5.95 Å². The lowest BCUT2D eigenvalue weighted by molar-refractivity contribution is -0.119. The van der Waals surface area contributed by atoms with E-state index < -0.39 is 17.9 Å². The maximum absolute atomic E-state index is 13.2. The first-order chi connectivity index (χ1) is 19.1. The minimum Gasteiger partial charge on any atom is -0.497 e. The number of aromatic nitrogens is 4. The summed E-state index contributed by atoms with van der Waals surface area (Å²) in [5, 5.41) is 3.59. The summed E-state index contributed by atoms with van der Waals surface area (Å²) in [5.41, 5.74) is 2.10. The molecule has 2 atom stereocenters. The second kappa shape index (κ2) is 10.2. The Labute approximate surface area is 224 Å². The van der Waals surface area contributed by atoms with Crippen LogP contribution in [0.1, 0.15) is 35.8 Å². The number of benzene rings is 3. The summed E-state index contributed by atoms with van der Waals surface area (Å²) in [4.78, 5) is 36.5. The van der Waals surface area contributed by atoms with E-state index in [-0.39, 0.29) is 17.0 Å². The van der Waals surface area contributed by atoms with Crippen LogP contribution in [0.2, 0.25) is 0 Å². The third-order valence-corrected chi connectivity index (χ3v) is 7.17. The first-order valence-corrected chi connectivity index (χ1v) is 12.7. The number of anilines is 1. The minimum atomic E-state index is -0.921. The van der Waals surface area contributed by atoms with E-state index in [1.54, 1.807) is 18.0 Å². The molecule has 0 spiro atoms. The highest BCUT2D eigenvalue weighted by molar-refractivity contribution is 5.71. The van der Waals surface area contributed by atoms with Crippen molar-refractivity contribution >= 4 is 23.4 Å². The summed E-state index contributed by atoms with van der Waals surface area (Å²) in [6.45, 7) is 0. The first-order valence-electron chi connectivity index (χ1n) is 12.7. The lowest BCUT2D eigenvalue weighted by Crippen LogP contribution is -2.39. The Bertz CT molecular complexity index is 1610. The zero-order valence-corrected chi connectivity index (χ0v) is 21.3. The number of ether oxygens (including phenoxy) is 2. The van der Waals surface area contributed by atoms with Crippen molar-refractivity contribution in [3.63, 3.8) is 0 Å². The van der Waals surface area contributed by atoms with Gasteiger partial charge in [0, 0.05) is 0 Å². The zero-order chi connectivity index (χ0) is 26.8. The lowest BCUT2D eigenvalue weighted by atomic mass is 9.77. The van der Waals surface area contributed by atoms with E-state index in [0.29, 0.717) is 18.5 Å². The van der Waals surface area contributed by atoms with E-state index in [4.69, 9.17) is 14.5 Å². The van der Waals surface area contributed by atoms with Crippen LogP contribution in [0, 0.1) is 0 Å². The SMILES string of the molecule is COc1ccc(C(Nc2nc3c(ncn3C3CCC(C=O)O3)c(=O)[nH]2)(c2ccccc2)c2ccccc2)cc1. The van der Waals surface area contributed by atoms with Gasteiger partial charge in [-0.2, -0.15) is 4.98 Å². The summed E-state index contributed by atoms with van der Waals surface area (Å²) in [6.07, 6.45) is 2.66. The molecule has 0 amide bonds. The van der Waals surface area contributed by atoms with E-state index in [1.807, 2.05) is 84.9 Å². The molecule has 0 saturated carbocycles. The van der Waals surface area contributed by atoms with E-state index in [1.165, 1.54) is 0 Å². The quantitative estimate of drug-likeness (QED) is 0.230. The van der Waals surface area contributed by atoms with Crippen molar-refractivity contribution < 1.29 is 14.3 Å². The van der Waals surface area contributed by atoms with Gasteiger partial charge in [-0.25, -0.2) is 4.98 Å². The molecule has 3 heterocycles. The number of aldehydes is 1.